The molecule has 0 aromatic carbocycles. The monoisotopic (exact) mass is 535 g/mol. The van der Waals surface area contributed by atoms with E-state index in [-0.39, 0.29) is 35.9 Å². The third-order valence-electron chi connectivity index (χ3n) is 5.45. The van der Waals surface area contributed by atoms with Crippen molar-refractivity contribution in [2.75, 3.05) is 53.0 Å². The van der Waals surface area contributed by atoms with Gasteiger partial charge in [-0.05, 0) is 25.5 Å². The van der Waals surface area contributed by atoms with Crippen molar-refractivity contribution in [1.82, 2.24) is 20.4 Å². The fourth-order valence-electron chi connectivity index (χ4n) is 3.84. The molecule has 2 atom stereocenters. The lowest BCUT2D eigenvalue weighted by Crippen LogP contribution is -2.48. The zero-order chi connectivity index (χ0) is 19.9. The molecule has 164 valence electrons. The maximum absolute atomic E-state index is 11.9. The van der Waals surface area contributed by atoms with Crippen LogP contribution in [0, 0.1) is 6.92 Å². The van der Waals surface area contributed by atoms with Crippen molar-refractivity contribution in [2.45, 2.75) is 38.8 Å². The summed E-state index contributed by atoms with van der Waals surface area (Å²) < 4.78 is 5.54. The number of carbonyl (C=O) groups excluding carboxylic acids is 1. The summed E-state index contributed by atoms with van der Waals surface area (Å²) in [5, 5.41) is 7.01. The highest BCUT2D eigenvalue weighted by Crippen LogP contribution is 2.27. The summed E-state index contributed by atoms with van der Waals surface area (Å²) in [6, 6.07) is 5.00. The molecule has 2 N–H and O–H groups in total. The summed E-state index contributed by atoms with van der Waals surface area (Å²) in [7, 11) is 1.80. The maximum Gasteiger partial charge on any atom is 0.222 e. The van der Waals surface area contributed by atoms with Crippen LogP contribution in [0.25, 0.3) is 0 Å². The van der Waals surface area contributed by atoms with Gasteiger partial charge in [0.2, 0.25) is 5.91 Å². The number of rotatable bonds is 6. The van der Waals surface area contributed by atoms with Crippen molar-refractivity contribution in [1.29, 1.82) is 0 Å². The number of amides is 1. The number of nitrogens with zero attached hydrogens (tertiary/aromatic N) is 3. The van der Waals surface area contributed by atoms with Gasteiger partial charge in [-0.2, -0.15) is 0 Å². The molecular weight excluding hydrogens is 501 g/mol. The van der Waals surface area contributed by atoms with Crippen LogP contribution in [0.5, 0.6) is 0 Å². The number of morpholine rings is 1. The van der Waals surface area contributed by atoms with Crippen LogP contribution in [0.3, 0.4) is 0 Å². The number of hydrogen-bond donors (Lipinski definition) is 2. The quantitative estimate of drug-likeness (QED) is 0.332. The first-order chi connectivity index (χ1) is 13.6. The van der Waals surface area contributed by atoms with E-state index in [4.69, 9.17) is 4.74 Å². The maximum atomic E-state index is 11.9. The number of nitrogens with one attached hydrogen (secondary N) is 2. The van der Waals surface area contributed by atoms with Crippen LogP contribution in [0.2, 0.25) is 0 Å². The summed E-state index contributed by atoms with van der Waals surface area (Å²) in [4.78, 5) is 23.5. The molecule has 1 aromatic heterocycles. The second-order valence-electron chi connectivity index (χ2n) is 7.39. The smallest absolute Gasteiger partial charge is 0.222 e. The van der Waals surface area contributed by atoms with Crippen LogP contribution in [0.1, 0.15) is 35.6 Å². The number of carbonyl (C=O) groups is 1. The Bertz CT molecular complexity index is 678. The molecule has 29 heavy (non-hydrogen) atoms. The number of hydrogen-bond acceptors (Lipinski definition) is 5. The first-order valence-electron chi connectivity index (χ1n) is 10.2. The standard InChI is InChI=1S/C20H33N5O2S.HI/c1-4-19(26)25-8-7-16(14-25)23-20(21-3)22-13-17(18-6-5-15(2)28-18)24-9-11-27-12-10-24;/h5-6,16-17H,4,7-14H2,1-3H3,(H2,21,22,23);1H. The SMILES string of the molecule is CCC(=O)N1CCC(NC(=NC)NCC(c2ccc(C)s2)N2CCOCC2)C1.I. The van der Waals surface area contributed by atoms with E-state index in [0.717, 1.165) is 58.3 Å². The molecule has 9 heteroatoms. The van der Waals surface area contributed by atoms with Crippen molar-refractivity contribution >= 4 is 47.2 Å². The largest absolute Gasteiger partial charge is 0.379 e. The fourth-order valence-corrected chi connectivity index (χ4v) is 4.85. The number of thiophene rings is 1. The van der Waals surface area contributed by atoms with E-state index in [2.05, 4.69) is 39.6 Å². The van der Waals surface area contributed by atoms with Gasteiger partial charge in [0.25, 0.3) is 0 Å². The Balaban J connectivity index is 0.00000300. The molecule has 3 rings (SSSR count). The number of halogens is 1. The van der Waals surface area contributed by atoms with Gasteiger partial charge in [0.15, 0.2) is 5.96 Å². The number of aryl methyl sites for hydroxylation is 1. The van der Waals surface area contributed by atoms with Crippen LogP contribution in [-0.4, -0.2) is 80.7 Å². The summed E-state index contributed by atoms with van der Waals surface area (Å²) >= 11 is 1.86. The lowest BCUT2D eigenvalue weighted by atomic mass is 10.2. The van der Waals surface area contributed by atoms with Gasteiger partial charge in [-0.1, -0.05) is 6.92 Å². The van der Waals surface area contributed by atoms with E-state index in [1.54, 1.807) is 7.05 Å². The Morgan fingerprint density at radius 3 is 2.72 bits per heavy atom. The summed E-state index contributed by atoms with van der Waals surface area (Å²) in [5.74, 6) is 1.04. The zero-order valence-corrected chi connectivity index (χ0v) is 20.8. The normalized spacial score (nSPS) is 21.6. The molecule has 0 spiro atoms. The highest BCUT2D eigenvalue weighted by molar-refractivity contribution is 14.0. The van der Waals surface area contributed by atoms with Crippen LogP contribution >= 0.6 is 35.3 Å². The number of guanidine groups is 1. The average molecular weight is 535 g/mol. The molecule has 2 fully saturated rings. The van der Waals surface area contributed by atoms with E-state index >= 15 is 0 Å². The van der Waals surface area contributed by atoms with Crippen molar-refractivity contribution in [3.8, 4) is 0 Å². The molecule has 2 aliphatic rings. The Morgan fingerprint density at radius 2 is 2.10 bits per heavy atom. The van der Waals surface area contributed by atoms with Gasteiger partial charge in [0.1, 0.15) is 0 Å². The van der Waals surface area contributed by atoms with E-state index in [1.165, 1.54) is 9.75 Å². The number of ether oxygens (including phenoxy) is 1. The van der Waals surface area contributed by atoms with Gasteiger partial charge in [0, 0.05) is 62.0 Å². The van der Waals surface area contributed by atoms with Crippen LogP contribution in [-0.2, 0) is 9.53 Å². The van der Waals surface area contributed by atoms with Crippen molar-refractivity contribution in [3.05, 3.63) is 21.9 Å². The Morgan fingerprint density at radius 1 is 1.34 bits per heavy atom. The number of likely N-dealkylation sites (tertiary alicyclic amines) is 1. The predicted octanol–water partition coefficient (Wildman–Crippen LogP) is 2.22. The molecule has 0 aliphatic carbocycles. The third-order valence-corrected chi connectivity index (χ3v) is 6.55. The molecular formula is C20H34IN5O2S. The fraction of sp³-hybridized carbons (Fsp3) is 0.700. The first-order valence-corrected chi connectivity index (χ1v) is 11.1. The molecule has 0 radical (unpaired) electrons. The molecule has 1 amide bonds. The lowest BCUT2D eigenvalue weighted by molar-refractivity contribution is -0.129. The highest BCUT2D eigenvalue weighted by atomic mass is 127. The summed E-state index contributed by atoms with van der Waals surface area (Å²) in [6.45, 7) is 9.93. The Kier molecular flexibility index (Phi) is 10.1. The minimum Gasteiger partial charge on any atom is -0.379 e. The number of aliphatic imine (C=N–C) groups is 1. The van der Waals surface area contributed by atoms with Crippen molar-refractivity contribution < 1.29 is 9.53 Å². The Hall–Kier alpha value is -0.910. The average Bonchev–Trinajstić information content (AvgIpc) is 3.36. The van der Waals surface area contributed by atoms with E-state index in [1.807, 2.05) is 23.2 Å². The van der Waals surface area contributed by atoms with Crippen molar-refractivity contribution in [2.24, 2.45) is 4.99 Å². The molecule has 2 unspecified atom stereocenters. The van der Waals surface area contributed by atoms with E-state index in [9.17, 15) is 4.79 Å². The summed E-state index contributed by atoms with van der Waals surface area (Å²) in [6.07, 6.45) is 1.53. The second kappa shape index (κ2) is 12.1. The molecule has 2 aliphatic heterocycles. The van der Waals surface area contributed by atoms with Gasteiger partial charge in [-0.15, -0.1) is 35.3 Å². The Labute approximate surface area is 195 Å². The van der Waals surface area contributed by atoms with Crippen LogP contribution in [0.15, 0.2) is 17.1 Å². The minimum atomic E-state index is 0. The molecule has 2 saturated heterocycles. The first kappa shape index (κ1) is 24.4. The van der Waals surface area contributed by atoms with Gasteiger partial charge in [0.05, 0.1) is 19.3 Å². The topological polar surface area (TPSA) is 69.2 Å². The molecule has 7 nitrogen and oxygen atoms in total. The van der Waals surface area contributed by atoms with Gasteiger partial charge in [-0.25, -0.2) is 0 Å². The van der Waals surface area contributed by atoms with Gasteiger partial charge < -0.3 is 20.3 Å². The van der Waals surface area contributed by atoms with Crippen molar-refractivity contribution in [3.63, 3.8) is 0 Å². The molecule has 3 heterocycles. The summed E-state index contributed by atoms with van der Waals surface area (Å²) in [5.41, 5.74) is 0. The molecule has 0 bridgehead atoms. The lowest BCUT2D eigenvalue weighted by Gasteiger charge is -2.34. The zero-order valence-electron chi connectivity index (χ0n) is 17.6. The van der Waals surface area contributed by atoms with Gasteiger partial charge in [-0.3, -0.25) is 14.7 Å². The van der Waals surface area contributed by atoms with E-state index in [0.29, 0.717) is 12.5 Å². The highest BCUT2D eigenvalue weighted by Gasteiger charge is 2.27. The predicted molar refractivity (Wildman–Crippen MR) is 129 cm³/mol. The van der Waals surface area contributed by atoms with E-state index < -0.39 is 0 Å². The van der Waals surface area contributed by atoms with Crippen LogP contribution in [0.4, 0.5) is 0 Å². The third kappa shape index (κ3) is 6.80. The van der Waals surface area contributed by atoms with Gasteiger partial charge >= 0.3 is 0 Å². The minimum absolute atomic E-state index is 0. The second-order valence-corrected chi connectivity index (χ2v) is 8.71. The molecule has 1 aromatic rings. The molecule has 0 saturated carbocycles. The van der Waals surface area contributed by atoms with Crippen LogP contribution < -0.4 is 10.6 Å².